The second-order valence-electron chi connectivity index (χ2n) is 1.54. The highest BCUT2D eigenvalue weighted by atomic mass is 16.5. The van der Waals surface area contributed by atoms with Crippen molar-refractivity contribution in [1.82, 2.24) is 9.71 Å². The summed E-state index contributed by atoms with van der Waals surface area (Å²) in [6.45, 7) is 1.94. The van der Waals surface area contributed by atoms with Crippen molar-refractivity contribution in [3.05, 3.63) is 18.2 Å². The number of nitrogens with zero attached hydrogens (tertiary/aromatic N) is 2. The van der Waals surface area contributed by atoms with Gasteiger partial charge in [0, 0.05) is 12.6 Å². The van der Waals surface area contributed by atoms with E-state index in [1.807, 2.05) is 6.92 Å². The Balaban J connectivity index is 2.92. The van der Waals surface area contributed by atoms with Crippen molar-refractivity contribution in [2.24, 2.45) is 0 Å². The monoisotopic (exact) mass is 112 g/mol. The van der Waals surface area contributed by atoms with Crippen molar-refractivity contribution in [2.75, 3.05) is 0 Å². The molecule has 0 spiro atoms. The second kappa shape index (κ2) is 1.86. The van der Waals surface area contributed by atoms with Gasteiger partial charge in [-0.05, 0) is 0 Å². The summed E-state index contributed by atoms with van der Waals surface area (Å²) in [5.74, 6) is 0.699. The van der Waals surface area contributed by atoms with Crippen LogP contribution in [0, 0.1) is 0 Å². The van der Waals surface area contributed by atoms with Crippen molar-refractivity contribution < 1.29 is 5.21 Å². The molecule has 1 heterocycles. The fraction of sp³-hybridized carbons (Fsp3) is 0.400. The van der Waals surface area contributed by atoms with Crippen LogP contribution < -0.4 is 0 Å². The van der Waals surface area contributed by atoms with Crippen LogP contribution in [0.25, 0.3) is 0 Å². The van der Waals surface area contributed by atoms with Gasteiger partial charge in [0.1, 0.15) is 5.82 Å². The van der Waals surface area contributed by atoms with Crippen LogP contribution in [-0.4, -0.2) is 14.9 Å². The molecule has 0 unspecified atom stereocenters. The van der Waals surface area contributed by atoms with Crippen molar-refractivity contribution in [3.63, 3.8) is 0 Å². The fourth-order valence-corrected chi connectivity index (χ4v) is 0.581. The summed E-state index contributed by atoms with van der Waals surface area (Å²) in [6.07, 6.45) is 3.85. The van der Waals surface area contributed by atoms with Crippen LogP contribution in [0.5, 0.6) is 0 Å². The zero-order valence-corrected chi connectivity index (χ0v) is 4.70. The largest absolute Gasteiger partial charge is 0.427 e. The average molecular weight is 112 g/mol. The Morgan fingerprint density at radius 3 is 2.88 bits per heavy atom. The molecule has 1 N–H and O–H groups in total. The molecule has 0 aromatic carbocycles. The van der Waals surface area contributed by atoms with Gasteiger partial charge < -0.3 is 5.21 Å². The van der Waals surface area contributed by atoms with Crippen LogP contribution in [0.1, 0.15) is 12.7 Å². The molecule has 0 saturated carbocycles. The van der Waals surface area contributed by atoms with Gasteiger partial charge in [-0.25, -0.2) is 4.98 Å². The van der Waals surface area contributed by atoms with E-state index in [9.17, 15) is 0 Å². The Labute approximate surface area is 47.5 Å². The van der Waals surface area contributed by atoms with E-state index in [-0.39, 0.29) is 0 Å². The zero-order valence-electron chi connectivity index (χ0n) is 4.70. The SMILES string of the molecule is CCc1nccn1O. The lowest BCUT2D eigenvalue weighted by atomic mass is 10.5. The third kappa shape index (κ3) is 0.665. The van der Waals surface area contributed by atoms with Crippen LogP contribution in [-0.2, 0) is 6.42 Å². The van der Waals surface area contributed by atoms with Gasteiger partial charge in [0.05, 0.1) is 6.20 Å². The topological polar surface area (TPSA) is 38.0 Å². The summed E-state index contributed by atoms with van der Waals surface area (Å²) < 4.78 is 1.03. The summed E-state index contributed by atoms with van der Waals surface area (Å²) in [4.78, 5) is 3.85. The van der Waals surface area contributed by atoms with Gasteiger partial charge in [-0.15, -0.1) is 0 Å². The fourth-order valence-electron chi connectivity index (χ4n) is 0.581. The van der Waals surface area contributed by atoms with E-state index >= 15 is 0 Å². The first-order chi connectivity index (χ1) is 3.84. The van der Waals surface area contributed by atoms with E-state index in [1.54, 1.807) is 6.20 Å². The van der Waals surface area contributed by atoms with Crippen molar-refractivity contribution in [3.8, 4) is 0 Å². The molecule has 1 aromatic rings. The molecule has 0 radical (unpaired) electrons. The maximum atomic E-state index is 8.80. The van der Waals surface area contributed by atoms with Crippen LogP contribution in [0.3, 0.4) is 0 Å². The van der Waals surface area contributed by atoms with Crippen LogP contribution in [0.2, 0.25) is 0 Å². The van der Waals surface area contributed by atoms with Gasteiger partial charge in [0.25, 0.3) is 0 Å². The maximum absolute atomic E-state index is 8.80. The van der Waals surface area contributed by atoms with E-state index in [4.69, 9.17) is 5.21 Å². The van der Waals surface area contributed by atoms with Crippen molar-refractivity contribution >= 4 is 0 Å². The molecular formula is C5H8N2O. The Kier molecular flexibility index (Phi) is 1.20. The number of aromatic nitrogens is 2. The molecule has 0 amide bonds. The first kappa shape index (κ1) is 5.15. The average Bonchev–Trinajstić information content (AvgIpc) is 2.14. The third-order valence-electron chi connectivity index (χ3n) is 1.01. The van der Waals surface area contributed by atoms with E-state index in [1.165, 1.54) is 6.20 Å². The Bertz CT molecular complexity index is 171. The predicted molar refractivity (Wildman–Crippen MR) is 28.8 cm³/mol. The predicted octanol–water partition coefficient (Wildman–Crippen LogP) is 0.683. The normalized spacial score (nSPS) is 9.62. The number of aryl methyl sites for hydroxylation is 1. The quantitative estimate of drug-likeness (QED) is 0.542. The minimum atomic E-state index is 0.699. The standard InChI is InChI=1S/C5H8N2O/c1-2-5-6-3-4-7(5)8/h3-4,8H,2H2,1H3. The highest BCUT2D eigenvalue weighted by Gasteiger charge is 1.93. The molecule has 0 bridgehead atoms. The molecule has 8 heavy (non-hydrogen) atoms. The molecular weight excluding hydrogens is 104 g/mol. The number of rotatable bonds is 1. The number of imidazole rings is 1. The van der Waals surface area contributed by atoms with Crippen molar-refractivity contribution in [1.29, 1.82) is 0 Å². The lowest BCUT2D eigenvalue weighted by molar-refractivity contribution is 0.176. The molecule has 1 aromatic heterocycles. The maximum Gasteiger partial charge on any atom is 0.144 e. The summed E-state index contributed by atoms with van der Waals surface area (Å²) in [5.41, 5.74) is 0. The minimum Gasteiger partial charge on any atom is -0.427 e. The second-order valence-corrected chi connectivity index (χ2v) is 1.54. The van der Waals surface area contributed by atoms with Gasteiger partial charge in [-0.2, -0.15) is 4.73 Å². The lowest BCUT2D eigenvalue weighted by Crippen LogP contribution is -1.94. The Hall–Kier alpha value is -0.990. The Morgan fingerprint density at radius 1 is 1.88 bits per heavy atom. The highest BCUT2D eigenvalue weighted by Crippen LogP contribution is 1.91. The van der Waals surface area contributed by atoms with Gasteiger partial charge in [0.15, 0.2) is 0 Å². The first-order valence-corrected chi connectivity index (χ1v) is 2.56. The Morgan fingerprint density at radius 2 is 2.62 bits per heavy atom. The molecule has 0 atom stereocenters. The molecule has 0 aliphatic rings. The molecule has 0 saturated heterocycles. The first-order valence-electron chi connectivity index (χ1n) is 2.56. The zero-order chi connectivity index (χ0) is 5.98. The minimum absolute atomic E-state index is 0.699. The van der Waals surface area contributed by atoms with Gasteiger partial charge >= 0.3 is 0 Å². The molecule has 44 valence electrons. The van der Waals surface area contributed by atoms with Crippen LogP contribution in [0.4, 0.5) is 0 Å². The molecule has 0 fully saturated rings. The summed E-state index contributed by atoms with van der Waals surface area (Å²) in [7, 11) is 0. The molecule has 0 aliphatic heterocycles. The third-order valence-corrected chi connectivity index (χ3v) is 1.01. The molecule has 3 nitrogen and oxygen atoms in total. The lowest BCUT2D eigenvalue weighted by Gasteiger charge is -1.91. The molecule has 3 heteroatoms. The van der Waals surface area contributed by atoms with E-state index in [0.29, 0.717) is 5.82 Å². The van der Waals surface area contributed by atoms with E-state index in [0.717, 1.165) is 11.2 Å². The van der Waals surface area contributed by atoms with E-state index in [2.05, 4.69) is 4.98 Å². The summed E-state index contributed by atoms with van der Waals surface area (Å²) in [5, 5.41) is 8.80. The highest BCUT2D eigenvalue weighted by molar-refractivity contribution is 4.87. The van der Waals surface area contributed by atoms with Crippen LogP contribution >= 0.6 is 0 Å². The number of hydrogen-bond donors (Lipinski definition) is 1. The smallest absolute Gasteiger partial charge is 0.144 e. The van der Waals surface area contributed by atoms with Crippen molar-refractivity contribution in [2.45, 2.75) is 13.3 Å². The van der Waals surface area contributed by atoms with Gasteiger partial charge in [0.2, 0.25) is 0 Å². The van der Waals surface area contributed by atoms with Gasteiger partial charge in [-0.3, -0.25) is 0 Å². The summed E-state index contributed by atoms with van der Waals surface area (Å²) >= 11 is 0. The van der Waals surface area contributed by atoms with Gasteiger partial charge in [-0.1, -0.05) is 6.92 Å². The molecule has 1 rings (SSSR count). The van der Waals surface area contributed by atoms with Crippen LogP contribution in [0.15, 0.2) is 12.4 Å². The summed E-state index contributed by atoms with van der Waals surface area (Å²) in [6, 6.07) is 0. The molecule has 0 aliphatic carbocycles. The number of hydrogen-bond acceptors (Lipinski definition) is 2. The van der Waals surface area contributed by atoms with E-state index < -0.39 is 0 Å².